The molecule has 1 saturated heterocycles. The zero-order valence-corrected chi connectivity index (χ0v) is 13.1. The van der Waals surface area contributed by atoms with Crippen LogP contribution >= 0.6 is 11.6 Å². The van der Waals surface area contributed by atoms with Gasteiger partial charge in [0.25, 0.3) is 0 Å². The molecule has 1 aromatic carbocycles. The minimum Gasteiger partial charge on any atom is -0.317 e. The summed E-state index contributed by atoms with van der Waals surface area (Å²) in [5.74, 6) is 0.207. The number of nitrogens with zero attached hydrogens (tertiary/aromatic N) is 1. The van der Waals surface area contributed by atoms with Crippen LogP contribution in [-0.2, 0) is 0 Å². The average Bonchev–Trinajstić information content (AvgIpc) is 2.61. The van der Waals surface area contributed by atoms with E-state index < -0.39 is 0 Å². The molecule has 1 aliphatic rings. The van der Waals surface area contributed by atoms with E-state index in [4.69, 9.17) is 11.6 Å². The largest absolute Gasteiger partial charge is 0.317 e. The minimum atomic E-state index is -0.338. The predicted molar refractivity (Wildman–Crippen MR) is 82.7 cm³/mol. The molecule has 1 N–H and O–H groups in total. The first-order valence-electron chi connectivity index (χ1n) is 7.49. The Balaban J connectivity index is 2.26. The van der Waals surface area contributed by atoms with Crippen LogP contribution in [0.2, 0.25) is 5.02 Å². The molecule has 0 aromatic heterocycles. The van der Waals surface area contributed by atoms with Crippen molar-refractivity contribution in [1.29, 1.82) is 0 Å². The first-order chi connectivity index (χ1) is 9.63. The van der Waals surface area contributed by atoms with E-state index in [1.165, 1.54) is 25.3 Å². The fourth-order valence-corrected chi connectivity index (χ4v) is 3.38. The van der Waals surface area contributed by atoms with Crippen LogP contribution in [0, 0.1) is 11.7 Å². The van der Waals surface area contributed by atoms with Gasteiger partial charge in [-0.05, 0) is 63.1 Å². The van der Waals surface area contributed by atoms with E-state index in [0.29, 0.717) is 12.0 Å². The summed E-state index contributed by atoms with van der Waals surface area (Å²) in [6, 6.07) is 5.48. The first kappa shape index (κ1) is 15.7. The van der Waals surface area contributed by atoms with Gasteiger partial charge in [-0.1, -0.05) is 31.0 Å². The van der Waals surface area contributed by atoms with Crippen molar-refractivity contribution < 1.29 is 4.39 Å². The molecule has 20 heavy (non-hydrogen) atoms. The van der Waals surface area contributed by atoms with Crippen LogP contribution < -0.4 is 5.32 Å². The lowest BCUT2D eigenvalue weighted by atomic mass is 9.89. The Bertz CT molecular complexity index is 438. The molecule has 0 amide bonds. The van der Waals surface area contributed by atoms with Crippen molar-refractivity contribution in [3.63, 3.8) is 0 Å². The Morgan fingerprint density at radius 2 is 2.20 bits per heavy atom. The lowest BCUT2D eigenvalue weighted by Crippen LogP contribution is -2.34. The lowest BCUT2D eigenvalue weighted by Gasteiger charge is -2.33. The molecule has 1 aromatic rings. The quantitative estimate of drug-likeness (QED) is 0.908. The second-order valence-electron chi connectivity index (χ2n) is 5.66. The maximum absolute atomic E-state index is 13.4. The number of hydrogen-bond acceptors (Lipinski definition) is 2. The standard InChI is InChI=1S/C16H24ClFN2/c1-3-19-11-13-6-4-5-9-20(2)16(13)12-7-8-15(18)14(17)10-12/h7-8,10,13,16,19H,3-6,9,11H2,1-2H3. The number of rotatable bonds is 4. The average molecular weight is 299 g/mol. The highest BCUT2D eigenvalue weighted by atomic mass is 35.5. The number of nitrogens with one attached hydrogen (secondary N) is 1. The lowest BCUT2D eigenvalue weighted by molar-refractivity contribution is 0.189. The van der Waals surface area contributed by atoms with E-state index >= 15 is 0 Å². The second kappa shape index (κ2) is 7.39. The monoisotopic (exact) mass is 298 g/mol. The van der Waals surface area contributed by atoms with E-state index in [9.17, 15) is 4.39 Å². The topological polar surface area (TPSA) is 15.3 Å². The van der Waals surface area contributed by atoms with Gasteiger partial charge in [0.2, 0.25) is 0 Å². The van der Waals surface area contributed by atoms with E-state index in [0.717, 1.165) is 25.2 Å². The van der Waals surface area contributed by atoms with Crippen molar-refractivity contribution in [3.05, 3.63) is 34.6 Å². The number of halogens is 2. The van der Waals surface area contributed by atoms with E-state index in [1.54, 1.807) is 6.07 Å². The van der Waals surface area contributed by atoms with Gasteiger partial charge in [0.05, 0.1) is 5.02 Å². The predicted octanol–water partition coefficient (Wildman–Crippen LogP) is 3.86. The zero-order valence-electron chi connectivity index (χ0n) is 12.3. The summed E-state index contributed by atoms with van der Waals surface area (Å²) in [4.78, 5) is 2.39. The Morgan fingerprint density at radius 3 is 2.90 bits per heavy atom. The van der Waals surface area contributed by atoms with Gasteiger partial charge in [0.1, 0.15) is 5.82 Å². The molecular weight excluding hydrogens is 275 g/mol. The summed E-state index contributed by atoms with van der Waals surface area (Å²) in [6.07, 6.45) is 3.69. The fraction of sp³-hybridized carbons (Fsp3) is 0.625. The molecule has 0 spiro atoms. The maximum atomic E-state index is 13.4. The van der Waals surface area contributed by atoms with E-state index in [2.05, 4.69) is 24.2 Å². The zero-order chi connectivity index (χ0) is 14.5. The van der Waals surface area contributed by atoms with Crippen LogP contribution in [0.15, 0.2) is 18.2 Å². The van der Waals surface area contributed by atoms with Crippen molar-refractivity contribution in [3.8, 4) is 0 Å². The van der Waals surface area contributed by atoms with Crippen LogP contribution in [0.4, 0.5) is 4.39 Å². The highest BCUT2D eigenvalue weighted by Gasteiger charge is 2.29. The van der Waals surface area contributed by atoms with Gasteiger partial charge in [-0.25, -0.2) is 4.39 Å². The van der Waals surface area contributed by atoms with Gasteiger partial charge in [0, 0.05) is 6.04 Å². The first-order valence-corrected chi connectivity index (χ1v) is 7.87. The normalized spacial score (nSPS) is 24.6. The van der Waals surface area contributed by atoms with Gasteiger partial charge < -0.3 is 5.32 Å². The van der Waals surface area contributed by atoms with Gasteiger partial charge >= 0.3 is 0 Å². The molecular formula is C16H24ClFN2. The molecule has 1 aliphatic heterocycles. The van der Waals surface area contributed by atoms with Gasteiger partial charge in [-0.15, -0.1) is 0 Å². The highest BCUT2D eigenvalue weighted by Crippen LogP contribution is 2.35. The summed E-state index contributed by atoms with van der Waals surface area (Å²) >= 11 is 5.96. The molecule has 1 fully saturated rings. The van der Waals surface area contributed by atoms with E-state index in [1.807, 2.05) is 6.07 Å². The van der Waals surface area contributed by atoms with Gasteiger partial charge in [-0.2, -0.15) is 0 Å². The third-order valence-corrected chi connectivity index (χ3v) is 4.49. The molecule has 0 aliphatic carbocycles. The van der Waals surface area contributed by atoms with Crippen molar-refractivity contribution in [2.45, 2.75) is 32.2 Å². The molecule has 0 radical (unpaired) electrons. The summed E-state index contributed by atoms with van der Waals surface area (Å²) in [7, 11) is 2.16. The molecule has 2 nitrogen and oxygen atoms in total. The summed E-state index contributed by atoms with van der Waals surface area (Å²) < 4.78 is 13.4. The fourth-order valence-electron chi connectivity index (χ4n) is 3.19. The molecule has 2 atom stereocenters. The van der Waals surface area contributed by atoms with Crippen molar-refractivity contribution in [1.82, 2.24) is 10.2 Å². The van der Waals surface area contributed by atoms with Crippen LogP contribution in [0.5, 0.6) is 0 Å². The van der Waals surface area contributed by atoms with Crippen LogP contribution in [-0.4, -0.2) is 31.6 Å². The third kappa shape index (κ3) is 3.72. The van der Waals surface area contributed by atoms with Crippen LogP contribution in [0.25, 0.3) is 0 Å². The summed E-state index contributed by atoms with van der Waals surface area (Å²) in [5, 5.41) is 3.68. The van der Waals surface area contributed by atoms with Crippen molar-refractivity contribution >= 4 is 11.6 Å². The SMILES string of the molecule is CCNCC1CCCCN(C)C1c1ccc(F)c(Cl)c1. The molecule has 2 rings (SSSR count). The van der Waals surface area contributed by atoms with Crippen molar-refractivity contribution in [2.24, 2.45) is 5.92 Å². The Kier molecular flexibility index (Phi) is 5.82. The van der Waals surface area contributed by atoms with E-state index in [-0.39, 0.29) is 10.8 Å². The molecule has 1 heterocycles. The van der Waals surface area contributed by atoms with Crippen LogP contribution in [0.3, 0.4) is 0 Å². The highest BCUT2D eigenvalue weighted by molar-refractivity contribution is 6.30. The molecule has 0 saturated carbocycles. The Labute approximate surface area is 126 Å². The van der Waals surface area contributed by atoms with Gasteiger partial charge in [0.15, 0.2) is 0 Å². The third-order valence-electron chi connectivity index (χ3n) is 4.20. The Hall–Kier alpha value is -0.640. The molecule has 2 unspecified atom stereocenters. The smallest absolute Gasteiger partial charge is 0.141 e. The molecule has 0 bridgehead atoms. The second-order valence-corrected chi connectivity index (χ2v) is 6.07. The van der Waals surface area contributed by atoms with Crippen LogP contribution in [0.1, 0.15) is 37.8 Å². The summed E-state index contributed by atoms with van der Waals surface area (Å²) in [5.41, 5.74) is 1.13. The minimum absolute atomic E-state index is 0.224. The number of benzene rings is 1. The Morgan fingerprint density at radius 1 is 1.40 bits per heavy atom. The number of likely N-dealkylation sites (tertiary alicyclic amines) is 1. The number of hydrogen-bond donors (Lipinski definition) is 1. The molecule has 112 valence electrons. The maximum Gasteiger partial charge on any atom is 0.141 e. The molecule has 4 heteroatoms. The van der Waals surface area contributed by atoms with Gasteiger partial charge in [-0.3, -0.25) is 4.90 Å². The van der Waals surface area contributed by atoms with Crippen molar-refractivity contribution in [2.75, 3.05) is 26.7 Å². The summed E-state index contributed by atoms with van der Waals surface area (Å²) in [6.45, 7) is 5.20.